The molecule has 1 N–H and O–H groups in total. The van der Waals surface area contributed by atoms with Gasteiger partial charge in [0.25, 0.3) is 10.1 Å². The molecule has 0 fully saturated rings. The van der Waals surface area contributed by atoms with Gasteiger partial charge in [-0.25, -0.2) is 0 Å². The Labute approximate surface area is 154 Å². The second-order valence-electron chi connectivity index (χ2n) is 5.30. The van der Waals surface area contributed by atoms with Crippen LogP contribution in [0.2, 0.25) is 0 Å². The van der Waals surface area contributed by atoms with E-state index in [-0.39, 0.29) is 18.4 Å². The fourth-order valence-electron chi connectivity index (χ4n) is 2.55. The summed E-state index contributed by atoms with van der Waals surface area (Å²) in [6.45, 7) is 0. The molecule has 4 aromatic rings. The number of hydrogen-bond donors (Lipinski definition) is 1. The molecule has 4 aromatic carbocycles. The van der Waals surface area contributed by atoms with E-state index in [9.17, 15) is 8.42 Å². The van der Waals surface area contributed by atoms with Gasteiger partial charge in [-0.2, -0.15) is 21.9 Å². The Kier molecular flexibility index (Phi) is 6.20. The van der Waals surface area contributed by atoms with Crippen molar-refractivity contribution < 1.29 is 13.0 Å². The fraction of sp³-hybridized carbons (Fsp3) is 0. The maximum atomic E-state index is 11.0. The fourth-order valence-corrected chi connectivity index (χ4v) is 3.27. The summed E-state index contributed by atoms with van der Waals surface area (Å²) in [6, 6.07) is 28.5. The third-order valence-corrected chi connectivity index (χ3v) is 4.60. The van der Waals surface area contributed by atoms with E-state index in [2.05, 4.69) is 48.5 Å². The lowest BCUT2D eigenvalue weighted by Gasteiger charge is -2.02. The summed E-state index contributed by atoms with van der Waals surface area (Å²) < 4.78 is 31.0. The molecular formula is C20H18O3S2. The Balaban J connectivity index is 0.000000182. The quantitative estimate of drug-likeness (QED) is 0.478. The molecule has 0 amide bonds. The Hall–Kier alpha value is -2.34. The molecule has 0 aliphatic carbocycles. The zero-order chi connectivity index (χ0) is 17.0. The van der Waals surface area contributed by atoms with Gasteiger partial charge >= 0.3 is 0 Å². The Morgan fingerprint density at radius 1 is 0.560 bits per heavy atom. The van der Waals surface area contributed by atoms with Crippen molar-refractivity contribution in [2.45, 2.75) is 4.90 Å². The average molecular weight is 370 g/mol. The van der Waals surface area contributed by atoms with Gasteiger partial charge in [0.15, 0.2) is 0 Å². The first-order valence-corrected chi connectivity index (χ1v) is 8.89. The topological polar surface area (TPSA) is 54.4 Å². The molecule has 25 heavy (non-hydrogen) atoms. The van der Waals surface area contributed by atoms with Gasteiger partial charge in [0.05, 0.1) is 0 Å². The third-order valence-electron chi connectivity index (χ3n) is 3.69. The largest absolute Gasteiger partial charge is 0.295 e. The molecule has 0 saturated carbocycles. The Bertz CT molecular complexity index is 1020. The van der Waals surface area contributed by atoms with Crippen LogP contribution in [0.5, 0.6) is 0 Å². The van der Waals surface area contributed by atoms with Gasteiger partial charge in [-0.3, -0.25) is 4.55 Å². The number of hydrogen-bond acceptors (Lipinski definition) is 2. The first-order chi connectivity index (χ1) is 11.6. The van der Waals surface area contributed by atoms with E-state index in [0.717, 1.165) is 5.39 Å². The van der Waals surface area contributed by atoms with Crippen molar-refractivity contribution in [1.29, 1.82) is 0 Å². The van der Waals surface area contributed by atoms with E-state index < -0.39 is 10.1 Å². The van der Waals surface area contributed by atoms with Crippen molar-refractivity contribution in [3.8, 4) is 0 Å². The predicted octanol–water partition coefficient (Wildman–Crippen LogP) is 5.04. The van der Waals surface area contributed by atoms with E-state index in [4.69, 9.17) is 4.55 Å². The number of benzene rings is 4. The molecule has 3 nitrogen and oxygen atoms in total. The smallest absolute Gasteiger partial charge is 0.282 e. The van der Waals surface area contributed by atoms with Crippen molar-refractivity contribution in [3.05, 3.63) is 91.0 Å². The van der Waals surface area contributed by atoms with Crippen LogP contribution in [0.25, 0.3) is 21.5 Å². The van der Waals surface area contributed by atoms with E-state index in [1.807, 2.05) is 6.07 Å². The maximum Gasteiger partial charge on any atom is 0.295 e. The highest BCUT2D eigenvalue weighted by Gasteiger charge is 2.12. The predicted molar refractivity (Wildman–Crippen MR) is 108 cm³/mol. The molecule has 5 heteroatoms. The van der Waals surface area contributed by atoms with Crippen molar-refractivity contribution in [1.82, 2.24) is 0 Å². The van der Waals surface area contributed by atoms with Crippen LogP contribution in [0.3, 0.4) is 0 Å². The van der Waals surface area contributed by atoms with Crippen LogP contribution in [0.1, 0.15) is 0 Å². The molecule has 0 unspecified atom stereocenters. The summed E-state index contributed by atoms with van der Waals surface area (Å²) in [7, 11) is -4.13. The molecule has 0 aliphatic rings. The van der Waals surface area contributed by atoms with Gasteiger partial charge in [0, 0.05) is 5.39 Å². The molecule has 0 radical (unpaired) electrons. The summed E-state index contributed by atoms with van der Waals surface area (Å²) in [5.41, 5.74) is 0. The van der Waals surface area contributed by atoms with Crippen molar-refractivity contribution in [3.63, 3.8) is 0 Å². The first kappa shape index (κ1) is 19.0. The molecule has 0 saturated heterocycles. The van der Waals surface area contributed by atoms with E-state index in [1.54, 1.807) is 30.3 Å². The van der Waals surface area contributed by atoms with Crippen molar-refractivity contribution in [2.75, 3.05) is 0 Å². The SMILES string of the molecule is O=S(=O)(O)c1cccc2ccccc12.S.c1ccc2ccccc2c1. The second-order valence-corrected chi connectivity index (χ2v) is 6.69. The molecular weight excluding hydrogens is 352 g/mol. The minimum atomic E-state index is -4.13. The maximum absolute atomic E-state index is 11.0. The molecule has 0 atom stereocenters. The zero-order valence-electron chi connectivity index (χ0n) is 13.3. The summed E-state index contributed by atoms with van der Waals surface area (Å²) in [5.74, 6) is 0. The summed E-state index contributed by atoms with van der Waals surface area (Å²) in [6.07, 6.45) is 0. The standard InChI is InChI=1S/C10H8O3S.C10H8.H2S/c11-14(12,13)10-7-3-5-8-4-1-2-6-9(8)10;1-2-6-10-8-4-3-7-9(10)5-1;/h1-7H,(H,11,12,13);1-8H;1H2. The lowest BCUT2D eigenvalue weighted by molar-refractivity contribution is 0.484. The summed E-state index contributed by atoms with van der Waals surface area (Å²) in [4.78, 5) is -0.0457. The molecule has 0 aliphatic heterocycles. The molecule has 0 heterocycles. The van der Waals surface area contributed by atoms with Crippen LogP contribution in [0, 0.1) is 0 Å². The van der Waals surface area contributed by atoms with E-state index in [1.165, 1.54) is 16.8 Å². The van der Waals surface area contributed by atoms with Crippen LogP contribution in [-0.4, -0.2) is 13.0 Å². The second kappa shape index (κ2) is 8.16. The van der Waals surface area contributed by atoms with Crippen LogP contribution in [0.4, 0.5) is 0 Å². The van der Waals surface area contributed by atoms with E-state index in [0.29, 0.717) is 5.39 Å². The molecule has 4 rings (SSSR count). The van der Waals surface area contributed by atoms with Gasteiger partial charge in [-0.15, -0.1) is 0 Å². The highest BCUT2D eigenvalue weighted by molar-refractivity contribution is 7.86. The number of fused-ring (bicyclic) bond motifs is 2. The molecule has 0 spiro atoms. The van der Waals surface area contributed by atoms with Crippen LogP contribution >= 0.6 is 13.5 Å². The Morgan fingerprint density at radius 2 is 0.960 bits per heavy atom. The third kappa shape index (κ3) is 4.60. The minimum absolute atomic E-state index is 0. The lowest BCUT2D eigenvalue weighted by Crippen LogP contribution is -1.98. The summed E-state index contributed by atoms with van der Waals surface area (Å²) in [5, 5.41) is 3.95. The van der Waals surface area contributed by atoms with Gasteiger partial charge in [0.1, 0.15) is 4.90 Å². The highest BCUT2D eigenvalue weighted by atomic mass is 32.2. The van der Waals surface area contributed by atoms with Gasteiger partial charge in [-0.05, 0) is 22.2 Å². The van der Waals surface area contributed by atoms with E-state index >= 15 is 0 Å². The monoisotopic (exact) mass is 370 g/mol. The normalized spacial score (nSPS) is 10.6. The Morgan fingerprint density at radius 3 is 1.44 bits per heavy atom. The molecule has 0 aromatic heterocycles. The first-order valence-electron chi connectivity index (χ1n) is 7.45. The van der Waals surface area contributed by atoms with Crippen molar-refractivity contribution >= 4 is 45.2 Å². The van der Waals surface area contributed by atoms with Gasteiger partial charge < -0.3 is 0 Å². The number of rotatable bonds is 1. The molecule has 0 bridgehead atoms. The van der Waals surface area contributed by atoms with Gasteiger partial charge in [-0.1, -0.05) is 84.9 Å². The van der Waals surface area contributed by atoms with Crippen molar-refractivity contribution in [2.24, 2.45) is 0 Å². The van der Waals surface area contributed by atoms with Crippen LogP contribution in [0.15, 0.2) is 95.9 Å². The zero-order valence-corrected chi connectivity index (χ0v) is 15.1. The average Bonchev–Trinajstić information content (AvgIpc) is 2.61. The van der Waals surface area contributed by atoms with Gasteiger partial charge in [0.2, 0.25) is 0 Å². The highest BCUT2D eigenvalue weighted by Crippen LogP contribution is 2.22. The minimum Gasteiger partial charge on any atom is -0.282 e. The lowest BCUT2D eigenvalue weighted by atomic mass is 10.1. The molecule has 128 valence electrons. The summed E-state index contributed by atoms with van der Waals surface area (Å²) >= 11 is 0. The van der Waals surface area contributed by atoms with Crippen LogP contribution in [-0.2, 0) is 10.1 Å². The van der Waals surface area contributed by atoms with Crippen LogP contribution < -0.4 is 0 Å².